The normalized spacial score (nSPS) is 17.7. The number of nitrogens with one attached hydrogen (secondary N) is 1. The summed E-state index contributed by atoms with van der Waals surface area (Å²) < 4.78 is 38.7. The maximum absolute atomic E-state index is 12.8. The van der Waals surface area contributed by atoms with Gasteiger partial charge in [0.2, 0.25) is 5.91 Å². The lowest BCUT2D eigenvalue weighted by molar-refractivity contribution is -0.120. The van der Waals surface area contributed by atoms with Gasteiger partial charge in [0.05, 0.1) is 30.4 Å². The fraction of sp³-hybridized carbons (Fsp3) is 0.368. The number of anilines is 1. The molecule has 0 saturated carbocycles. The number of sulfonamides is 1. The molecule has 1 N–H and O–H groups in total. The van der Waals surface area contributed by atoms with Crippen LogP contribution >= 0.6 is 22.7 Å². The molecule has 0 radical (unpaired) electrons. The zero-order valence-electron chi connectivity index (χ0n) is 16.5. The topological polar surface area (TPSA) is 97.8 Å². The van der Waals surface area contributed by atoms with Crippen molar-refractivity contribution in [1.29, 1.82) is 0 Å². The van der Waals surface area contributed by atoms with Crippen LogP contribution in [0.1, 0.15) is 12.8 Å². The van der Waals surface area contributed by atoms with Gasteiger partial charge in [-0.3, -0.25) is 4.79 Å². The summed E-state index contributed by atoms with van der Waals surface area (Å²) in [6.07, 6.45) is 1.27. The van der Waals surface area contributed by atoms with Crippen molar-refractivity contribution in [2.24, 2.45) is 5.92 Å². The van der Waals surface area contributed by atoms with E-state index in [1.165, 1.54) is 27.0 Å². The van der Waals surface area contributed by atoms with E-state index in [9.17, 15) is 13.2 Å². The quantitative estimate of drug-likeness (QED) is 0.597. The van der Waals surface area contributed by atoms with Crippen molar-refractivity contribution in [2.75, 3.05) is 32.6 Å². The Morgan fingerprint density at radius 1 is 1.27 bits per heavy atom. The number of thiazole rings is 1. The number of amides is 1. The number of benzene rings is 1. The number of methoxy groups -OCH3 is 2. The van der Waals surface area contributed by atoms with Crippen LogP contribution in [0.15, 0.2) is 33.9 Å². The molecule has 11 heteroatoms. The summed E-state index contributed by atoms with van der Waals surface area (Å²) in [5.74, 6) is 0.506. The van der Waals surface area contributed by atoms with Gasteiger partial charge in [0, 0.05) is 25.2 Å². The number of rotatable bonds is 6. The van der Waals surface area contributed by atoms with Crippen LogP contribution in [0, 0.1) is 5.92 Å². The molecular weight excluding hydrogens is 446 g/mol. The highest BCUT2D eigenvalue weighted by atomic mass is 32.2. The van der Waals surface area contributed by atoms with Gasteiger partial charge in [0.25, 0.3) is 10.0 Å². The third-order valence-electron chi connectivity index (χ3n) is 4.97. The van der Waals surface area contributed by atoms with Crippen molar-refractivity contribution in [3.05, 3.63) is 29.6 Å². The molecule has 1 amide bonds. The van der Waals surface area contributed by atoms with Gasteiger partial charge in [-0.2, -0.15) is 4.31 Å². The van der Waals surface area contributed by atoms with Crippen molar-refractivity contribution in [1.82, 2.24) is 9.29 Å². The summed E-state index contributed by atoms with van der Waals surface area (Å²) in [6, 6.07) is 6.88. The maximum Gasteiger partial charge on any atom is 0.252 e. The summed E-state index contributed by atoms with van der Waals surface area (Å²) in [7, 11) is -0.447. The van der Waals surface area contributed by atoms with E-state index in [4.69, 9.17) is 9.47 Å². The number of ether oxygens (including phenoxy) is 2. The van der Waals surface area contributed by atoms with Gasteiger partial charge in [0.15, 0.2) is 16.6 Å². The van der Waals surface area contributed by atoms with Crippen molar-refractivity contribution >= 4 is 54.0 Å². The largest absolute Gasteiger partial charge is 0.493 e. The number of hydrogen-bond acceptors (Lipinski definition) is 8. The van der Waals surface area contributed by atoms with Gasteiger partial charge >= 0.3 is 0 Å². The highest BCUT2D eigenvalue weighted by molar-refractivity contribution is 7.91. The van der Waals surface area contributed by atoms with E-state index in [1.54, 1.807) is 37.8 Å². The SMILES string of the molecule is COc1cc2nc(NC(=O)C3CCCN(S(=O)(=O)c4cccs4)C3)sc2cc1OC. The first-order chi connectivity index (χ1) is 14.4. The average Bonchev–Trinajstić information content (AvgIpc) is 3.42. The van der Waals surface area contributed by atoms with Gasteiger partial charge in [-0.15, -0.1) is 11.3 Å². The summed E-state index contributed by atoms with van der Waals surface area (Å²) in [6.45, 7) is 0.587. The lowest BCUT2D eigenvalue weighted by atomic mass is 9.99. The Labute approximate surface area is 182 Å². The van der Waals surface area contributed by atoms with Gasteiger partial charge in [0.1, 0.15) is 4.21 Å². The monoisotopic (exact) mass is 467 g/mol. The molecular formula is C19H21N3O5S3. The van der Waals surface area contributed by atoms with Crippen LogP contribution < -0.4 is 14.8 Å². The fourth-order valence-electron chi connectivity index (χ4n) is 3.43. The lowest BCUT2D eigenvalue weighted by Crippen LogP contribution is -2.43. The van der Waals surface area contributed by atoms with E-state index in [1.807, 2.05) is 6.07 Å². The van der Waals surface area contributed by atoms with E-state index in [2.05, 4.69) is 10.3 Å². The predicted molar refractivity (Wildman–Crippen MR) is 117 cm³/mol. The predicted octanol–water partition coefficient (Wildman–Crippen LogP) is 3.41. The molecule has 2 aromatic heterocycles. The fourth-order valence-corrected chi connectivity index (χ4v) is 6.98. The van der Waals surface area contributed by atoms with E-state index in [0.717, 1.165) is 4.70 Å². The first-order valence-electron chi connectivity index (χ1n) is 9.29. The van der Waals surface area contributed by atoms with E-state index >= 15 is 0 Å². The summed E-state index contributed by atoms with van der Waals surface area (Å²) in [4.78, 5) is 17.3. The van der Waals surface area contributed by atoms with E-state index in [0.29, 0.717) is 45.7 Å². The lowest BCUT2D eigenvalue weighted by Gasteiger charge is -2.30. The van der Waals surface area contributed by atoms with Gasteiger partial charge in [-0.25, -0.2) is 13.4 Å². The number of nitrogens with zero attached hydrogens (tertiary/aromatic N) is 2. The molecule has 1 fully saturated rings. The Balaban J connectivity index is 1.49. The number of aromatic nitrogens is 1. The Hall–Kier alpha value is -2.21. The minimum atomic E-state index is -3.56. The molecule has 30 heavy (non-hydrogen) atoms. The van der Waals surface area contributed by atoms with Crippen LogP contribution in [-0.2, 0) is 14.8 Å². The molecule has 1 atom stereocenters. The molecule has 3 heterocycles. The number of thiophene rings is 1. The van der Waals surface area contributed by atoms with Crippen LogP contribution in [0.4, 0.5) is 5.13 Å². The molecule has 0 spiro atoms. The Morgan fingerprint density at radius 3 is 2.73 bits per heavy atom. The van der Waals surface area contributed by atoms with Gasteiger partial charge in [-0.05, 0) is 24.3 Å². The minimum absolute atomic E-state index is 0.165. The summed E-state index contributed by atoms with van der Waals surface area (Å²) >= 11 is 2.52. The van der Waals surface area contributed by atoms with E-state index in [-0.39, 0.29) is 12.5 Å². The Morgan fingerprint density at radius 2 is 2.03 bits per heavy atom. The van der Waals surface area contributed by atoms with E-state index < -0.39 is 15.9 Å². The minimum Gasteiger partial charge on any atom is -0.493 e. The molecule has 160 valence electrons. The van der Waals surface area contributed by atoms with Crippen LogP contribution in [0.5, 0.6) is 11.5 Å². The molecule has 0 aliphatic carbocycles. The first kappa shape index (κ1) is 21.0. The molecule has 3 aromatic rings. The van der Waals surface area contributed by atoms with Crippen LogP contribution in [0.3, 0.4) is 0 Å². The Kier molecular flexibility index (Phi) is 5.96. The highest BCUT2D eigenvalue weighted by Crippen LogP contribution is 2.36. The molecule has 4 rings (SSSR count). The summed E-state index contributed by atoms with van der Waals surface area (Å²) in [5.41, 5.74) is 0.693. The summed E-state index contributed by atoms with van der Waals surface area (Å²) in [5, 5.41) is 5.05. The first-order valence-corrected chi connectivity index (χ1v) is 12.4. The number of fused-ring (bicyclic) bond motifs is 1. The number of hydrogen-bond donors (Lipinski definition) is 1. The second-order valence-corrected chi connectivity index (χ2v) is 11.0. The standard InChI is InChI=1S/C19H21N3O5S3/c1-26-14-9-13-16(10-15(14)27-2)29-19(20-13)21-18(23)12-5-3-7-22(11-12)30(24,25)17-6-4-8-28-17/h4,6,8-10,12H,3,5,7,11H2,1-2H3,(H,20,21,23). The third-order valence-corrected chi connectivity index (χ3v) is 9.14. The molecule has 1 unspecified atom stereocenters. The molecule has 1 aromatic carbocycles. The van der Waals surface area contributed by atoms with Gasteiger partial charge < -0.3 is 14.8 Å². The second kappa shape index (κ2) is 8.50. The third kappa shape index (κ3) is 4.02. The zero-order valence-corrected chi connectivity index (χ0v) is 18.9. The highest BCUT2D eigenvalue weighted by Gasteiger charge is 2.34. The smallest absolute Gasteiger partial charge is 0.252 e. The van der Waals surface area contributed by atoms with Crippen molar-refractivity contribution in [3.63, 3.8) is 0 Å². The van der Waals surface area contributed by atoms with Crippen LogP contribution in [-0.4, -0.2) is 50.9 Å². The zero-order chi connectivity index (χ0) is 21.3. The van der Waals surface area contributed by atoms with Gasteiger partial charge in [-0.1, -0.05) is 17.4 Å². The number of carbonyl (C=O) groups excluding carboxylic acids is 1. The molecule has 8 nitrogen and oxygen atoms in total. The van der Waals surface area contributed by atoms with Crippen LogP contribution in [0.2, 0.25) is 0 Å². The number of carbonyl (C=O) groups is 1. The van der Waals surface area contributed by atoms with Crippen molar-refractivity contribution in [2.45, 2.75) is 17.1 Å². The van der Waals surface area contributed by atoms with Crippen LogP contribution in [0.25, 0.3) is 10.2 Å². The van der Waals surface area contributed by atoms with Crippen molar-refractivity contribution in [3.8, 4) is 11.5 Å². The molecule has 1 aliphatic heterocycles. The number of piperidine rings is 1. The maximum atomic E-state index is 12.8. The molecule has 1 aliphatic rings. The molecule has 0 bridgehead atoms. The average molecular weight is 468 g/mol. The molecule has 1 saturated heterocycles. The van der Waals surface area contributed by atoms with Crippen molar-refractivity contribution < 1.29 is 22.7 Å². The Bertz CT molecular complexity index is 1120. The second-order valence-electron chi connectivity index (χ2n) is 6.82.